The van der Waals surface area contributed by atoms with E-state index in [9.17, 15) is 9.59 Å². The Morgan fingerprint density at radius 2 is 1.64 bits per heavy atom. The van der Waals surface area contributed by atoms with Crippen molar-refractivity contribution < 1.29 is 9.53 Å². The molecule has 0 atom stereocenters. The zero-order chi connectivity index (χ0) is 18.4. The number of carbonyl (C=O) groups is 1. The zero-order valence-corrected chi connectivity index (χ0v) is 15.5. The lowest BCUT2D eigenvalue weighted by Crippen LogP contribution is -2.37. The topological polar surface area (TPSA) is 68.5 Å². The van der Waals surface area contributed by atoms with Crippen LogP contribution in [0.4, 0.5) is 11.4 Å². The second kappa shape index (κ2) is 6.22. The first-order valence-corrected chi connectivity index (χ1v) is 8.54. The molecule has 25 heavy (non-hydrogen) atoms. The minimum atomic E-state index is -0.500. The number of hydrogen-bond donors (Lipinski definition) is 1. The van der Waals surface area contributed by atoms with Gasteiger partial charge in [-0.1, -0.05) is 20.8 Å². The number of ether oxygens (including phenoxy) is 1. The molecular weight excluding hydrogens is 320 g/mol. The molecule has 0 spiro atoms. The van der Waals surface area contributed by atoms with Crippen molar-refractivity contribution in [3.8, 4) is 0 Å². The molecule has 1 aromatic heterocycles. The van der Waals surface area contributed by atoms with Gasteiger partial charge in [0.25, 0.3) is 0 Å². The standard InChI is InChI=1S/C18H26N4O3/c1-18(2,3)16(23)19-12-10-14-15(21(5)17(24)20(14)4)11-13(12)22-6-8-25-9-7-22/h10-11H,6-9H2,1-5H3,(H,19,23). The Morgan fingerprint density at radius 3 is 2.20 bits per heavy atom. The van der Waals surface area contributed by atoms with Gasteiger partial charge < -0.3 is 15.0 Å². The van der Waals surface area contributed by atoms with E-state index < -0.39 is 5.41 Å². The highest BCUT2D eigenvalue weighted by Gasteiger charge is 2.25. The van der Waals surface area contributed by atoms with E-state index in [1.165, 1.54) is 0 Å². The van der Waals surface area contributed by atoms with Gasteiger partial charge in [0.2, 0.25) is 5.91 Å². The summed E-state index contributed by atoms with van der Waals surface area (Å²) in [7, 11) is 3.51. The zero-order valence-electron chi connectivity index (χ0n) is 15.5. The van der Waals surface area contributed by atoms with Crippen LogP contribution in [0.2, 0.25) is 0 Å². The van der Waals surface area contributed by atoms with Crippen molar-refractivity contribution in [2.24, 2.45) is 19.5 Å². The van der Waals surface area contributed by atoms with Crippen LogP contribution < -0.4 is 15.9 Å². The Kier molecular flexibility index (Phi) is 4.36. The minimum absolute atomic E-state index is 0.0534. The van der Waals surface area contributed by atoms with E-state index in [0.29, 0.717) is 13.2 Å². The first kappa shape index (κ1) is 17.5. The van der Waals surface area contributed by atoms with Crippen molar-refractivity contribution in [2.45, 2.75) is 20.8 Å². The third-order valence-electron chi connectivity index (χ3n) is 4.67. The van der Waals surface area contributed by atoms with Gasteiger partial charge in [0.05, 0.1) is 35.6 Å². The number of carbonyl (C=O) groups excluding carboxylic acids is 1. The molecule has 3 rings (SSSR count). The molecule has 1 fully saturated rings. The number of nitrogens with zero attached hydrogens (tertiary/aromatic N) is 3. The SMILES string of the molecule is Cn1c(=O)n(C)c2cc(N3CCOCC3)c(NC(=O)C(C)(C)C)cc21. The van der Waals surface area contributed by atoms with E-state index >= 15 is 0 Å². The van der Waals surface area contributed by atoms with Crippen LogP contribution in [0.25, 0.3) is 11.0 Å². The Balaban J connectivity index is 2.15. The van der Waals surface area contributed by atoms with Gasteiger partial charge in [0.1, 0.15) is 0 Å². The molecule has 7 nitrogen and oxygen atoms in total. The number of hydrogen-bond acceptors (Lipinski definition) is 4. The highest BCUT2D eigenvalue weighted by Crippen LogP contribution is 2.32. The first-order chi connectivity index (χ1) is 11.7. The molecule has 2 aromatic rings. The number of aromatic nitrogens is 2. The second-order valence-electron chi connectivity index (χ2n) is 7.56. The molecule has 0 saturated carbocycles. The molecule has 136 valence electrons. The molecule has 0 bridgehead atoms. The lowest BCUT2D eigenvalue weighted by atomic mass is 9.95. The van der Waals surface area contributed by atoms with Crippen LogP contribution in [0.3, 0.4) is 0 Å². The summed E-state index contributed by atoms with van der Waals surface area (Å²) in [6.07, 6.45) is 0. The Labute approximate surface area is 147 Å². The minimum Gasteiger partial charge on any atom is -0.378 e. The van der Waals surface area contributed by atoms with Gasteiger partial charge in [0, 0.05) is 32.6 Å². The van der Waals surface area contributed by atoms with Gasteiger partial charge in [-0.2, -0.15) is 0 Å². The maximum atomic E-state index is 12.5. The number of fused-ring (bicyclic) bond motifs is 1. The summed E-state index contributed by atoms with van der Waals surface area (Å²) in [5.74, 6) is -0.0534. The van der Waals surface area contributed by atoms with Crippen LogP contribution in [0.15, 0.2) is 16.9 Å². The van der Waals surface area contributed by atoms with E-state index in [2.05, 4.69) is 10.2 Å². The van der Waals surface area contributed by atoms with E-state index in [-0.39, 0.29) is 11.6 Å². The maximum absolute atomic E-state index is 12.5. The van der Waals surface area contributed by atoms with Gasteiger partial charge in [-0.15, -0.1) is 0 Å². The predicted molar refractivity (Wildman–Crippen MR) is 99.3 cm³/mol. The van der Waals surface area contributed by atoms with Gasteiger partial charge in [0.15, 0.2) is 0 Å². The van der Waals surface area contributed by atoms with Crippen LogP contribution in [-0.4, -0.2) is 41.3 Å². The van der Waals surface area contributed by atoms with Crippen molar-refractivity contribution in [3.63, 3.8) is 0 Å². The molecule has 0 unspecified atom stereocenters. The third kappa shape index (κ3) is 3.16. The summed E-state index contributed by atoms with van der Waals surface area (Å²) in [6, 6.07) is 3.88. The molecule has 0 radical (unpaired) electrons. The largest absolute Gasteiger partial charge is 0.378 e. The van der Waals surface area contributed by atoms with Gasteiger partial charge >= 0.3 is 5.69 Å². The smallest absolute Gasteiger partial charge is 0.328 e. The molecule has 1 aliphatic heterocycles. The number of rotatable bonds is 2. The van der Waals surface area contributed by atoms with Crippen LogP contribution in [0, 0.1) is 5.41 Å². The number of benzene rings is 1. The van der Waals surface area contributed by atoms with Crippen LogP contribution in [-0.2, 0) is 23.6 Å². The lowest BCUT2D eigenvalue weighted by Gasteiger charge is -2.31. The number of imidazole rings is 1. The summed E-state index contributed by atoms with van der Waals surface area (Å²) in [4.78, 5) is 27.0. The molecule has 1 N–H and O–H groups in total. The first-order valence-electron chi connectivity index (χ1n) is 8.54. The predicted octanol–water partition coefficient (Wildman–Crippen LogP) is 1.70. The summed E-state index contributed by atoms with van der Waals surface area (Å²) in [6.45, 7) is 8.46. The number of amides is 1. The fraction of sp³-hybridized carbons (Fsp3) is 0.556. The van der Waals surface area contributed by atoms with Crippen molar-refractivity contribution in [2.75, 3.05) is 36.5 Å². The van der Waals surface area contributed by atoms with Crippen LogP contribution in [0.5, 0.6) is 0 Å². The summed E-state index contributed by atoms with van der Waals surface area (Å²) in [5.41, 5.74) is 2.73. The molecule has 0 aliphatic carbocycles. The Bertz CT molecular complexity index is 867. The Hall–Kier alpha value is -2.28. The van der Waals surface area contributed by atoms with E-state index in [0.717, 1.165) is 35.5 Å². The number of nitrogens with one attached hydrogen (secondary N) is 1. The monoisotopic (exact) mass is 346 g/mol. The molecule has 1 aliphatic rings. The molecule has 1 aromatic carbocycles. The molecule has 1 saturated heterocycles. The summed E-state index contributed by atoms with van der Waals surface area (Å²) in [5, 5.41) is 3.05. The lowest BCUT2D eigenvalue weighted by molar-refractivity contribution is -0.123. The quantitative estimate of drug-likeness (QED) is 0.899. The van der Waals surface area contributed by atoms with E-state index in [4.69, 9.17) is 4.74 Å². The third-order valence-corrected chi connectivity index (χ3v) is 4.67. The van der Waals surface area contributed by atoms with Crippen molar-refractivity contribution >= 4 is 28.3 Å². The molecule has 1 amide bonds. The normalized spacial score (nSPS) is 15.6. The number of anilines is 2. The summed E-state index contributed by atoms with van der Waals surface area (Å²) < 4.78 is 8.68. The molecule has 7 heteroatoms. The van der Waals surface area contributed by atoms with E-state index in [1.807, 2.05) is 32.9 Å². The number of aryl methyl sites for hydroxylation is 2. The van der Waals surface area contributed by atoms with Crippen LogP contribution in [0.1, 0.15) is 20.8 Å². The Morgan fingerprint density at radius 1 is 1.08 bits per heavy atom. The van der Waals surface area contributed by atoms with Crippen LogP contribution >= 0.6 is 0 Å². The van der Waals surface area contributed by atoms with Gasteiger partial charge in [-0.05, 0) is 12.1 Å². The summed E-state index contributed by atoms with van der Waals surface area (Å²) >= 11 is 0. The van der Waals surface area contributed by atoms with Gasteiger partial charge in [-0.3, -0.25) is 13.9 Å². The number of morpholine rings is 1. The van der Waals surface area contributed by atoms with Crippen molar-refractivity contribution in [1.29, 1.82) is 0 Å². The molecular formula is C18H26N4O3. The fourth-order valence-electron chi connectivity index (χ4n) is 3.01. The fourth-order valence-corrected chi connectivity index (χ4v) is 3.01. The van der Waals surface area contributed by atoms with Gasteiger partial charge in [-0.25, -0.2) is 4.79 Å². The average Bonchev–Trinajstić information content (AvgIpc) is 2.78. The second-order valence-corrected chi connectivity index (χ2v) is 7.56. The maximum Gasteiger partial charge on any atom is 0.328 e. The average molecular weight is 346 g/mol. The van der Waals surface area contributed by atoms with Crippen molar-refractivity contribution in [3.05, 3.63) is 22.6 Å². The highest BCUT2D eigenvalue weighted by atomic mass is 16.5. The van der Waals surface area contributed by atoms with Crippen molar-refractivity contribution in [1.82, 2.24) is 9.13 Å². The van der Waals surface area contributed by atoms with E-state index in [1.54, 1.807) is 23.2 Å². The molecule has 2 heterocycles. The highest BCUT2D eigenvalue weighted by molar-refractivity contribution is 6.00.